The van der Waals surface area contributed by atoms with Gasteiger partial charge in [0.15, 0.2) is 11.6 Å². The number of carbonyl (C=O) groups excluding carboxylic acids is 1. The fourth-order valence-corrected chi connectivity index (χ4v) is 5.94. The molecule has 10 heteroatoms. The number of thiophene rings is 1. The molecule has 3 N–H and O–H groups in total. The number of piperazine rings is 1. The summed E-state index contributed by atoms with van der Waals surface area (Å²) >= 11 is 1.50. The Balaban J connectivity index is 1.29. The summed E-state index contributed by atoms with van der Waals surface area (Å²) in [6.45, 7) is 5.68. The molecule has 1 saturated heterocycles. The van der Waals surface area contributed by atoms with Crippen LogP contribution in [-0.2, 0) is 0 Å². The number of amides is 1. The summed E-state index contributed by atoms with van der Waals surface area (Å²) in [6, 6.07) is 9.63. The van der Waals surface area contributed by atoms with Crippen LogP contribution in [0.15, 0.2) is 42.6 Å². The summed E-state index contributed by atoms with van der Waals surface area (Å²) in [5.41, 5.74) is 2.44. The quantitative estimate of drug-likeness (QED) is 0.350. The third-order valence-corrected chi connectivity index (χ3v) is 7.88. The van der Waals surface area contributed by atoms with Gasteiger partial charge < -0.3 is 25.6 Å². The second-order valence-corrected chi connectivity index (χ2v) is 11.0. The minimum atomic E-state index is -0.553. The van der Waals surface area contributed by atoms with Gasteiger partial charge in [-0.1, -0.05) is 6.08 Å². The molecule has 2 atom stereocenters. The minimum absolute atomic E-state index is 0.0795. The number of allylic oxidation sites excluding steroid dienone is 2. The number of ether oxygens (including phenoxy) is 1. The highest BCUT2D eigenvalue weighted by Crippen LogP contribution is 2.34. The lowest BCUT2D eigenvalue weighted by atomic mass is 9.99. The maximum Gasteiger partial charge on any atom is 0.265 e. The molecule has 1 aliphatic carbocycles. The molecule has 0 bridgehead atoms. The molecule has 1 fully saturated rings. The lowest BCUT2D eigenvalue weighted by molar-refractivity contribution is 0.103. The van der Waals surface area contributed by atoms with Crippen LogP contribution in [0, 0.1) is 5.82 Å². The summed E-state index contributed by atoms with van der Waals surface area (Å²) in [5, 5.41) is 9.45. The molecular weight excluding hydrogens is 503 g/mol. The average molecular weight is 537 g/mol. The fourth-order valence-electron chi connectivity index (χ4n) is 4.98. The van der Waals surface area contributed by atoms with Crippen molar-refractivity contribution >= 4 is 46.0 Å². The van der Waals surface area contributed by atoms with Gasteiger partial charge in [0.1, 0.15) is 5.75 Å². The maximum absolute atomic E-state index is 14.6. The molecule has 1 amide bonds. The summed E-state index contributed by atoms with van der Waals surface area (Å²) in [7, 11) is 1.53. The van der Waals surface area contributed by atoms with Crippen LogP contribution in [-0.4, -0.2) is 48.2 Å². The summed E-state index contributed by atoms with van der Waals surface area (Å²) in [4.78, 5) is 25.5. The Morgan fingerprint density at radius 3 is 2.74 bits per heavy atom. The van der Waals surface area contributed by atoms with E-state index in [1.807, 2.05) is 12.1 Å². The highest BCUT2D eigenvalue weighted by Gasteiger charge is 2.24. The molecule has 0 radical (unpaired) electrons. The van der Waals surface area contributed by atoms with Crippen molar-refractivity contribution in [3.05, 3.63) is 58.2 Å². The van der Waals surface area contributed by atoms with E-state index in [9.17, 15) is 9.18 Å². The molecule has 0 unspecified atom stereocenters. The molecule has 0 spiro atoms. The average Bonchev–Trinajstić information content (AvgIpc) is 3.41. The zero-order valence-electron chi connectivity index (χ0n) is 21.9. The molecule has 8 nitrogen and oxygen atoms in total. The van der Waals surface area contributed by atoms with Gasteiger partial charge in [-0.25, -0.2) is 9.37 Å². The first-order chi connectivity index (χ1) is 18.4. The number of nitrogens with zero attached hydrogens (tertiary/aromatic N) is 3. The first kappa shape index (κ1) is 26.1. The van der Waals surface area contributed by atoms with E-state index in [4.69, 9.17) is 4.74 Å². The lowest BCUT2D eigenvalue weighted by Crippen LogP contribution is -2.54. The van der Waals surface area contributed by atoms with Crippen LogP contribution in [0.5, 0.6) is 5.75 Å². The van der Waals surface area contributed by atoms with Gasteiger partial charge >= 0.3 is 0 Å². The number of nitrogens with one attached hydrogen (secondary N) is 3. The molecule has 1 aromatic carbocycles. The van der Waals surface area contributed by atoms with Crippen LogP contribution in [0.25, 0.3) is 5.57 Å². The standard InChI is InChI=1S/C28H33FN6O2S/c1-17-15-35(16-18(2)31-17)28-30-14-21(29)26(34-28)32-20-9-10-22(23(13-20)37-3)33-27(36)25-12-11-24(38-25)19-7-5-4-6-8-19/h7,9-14,17-18,31H,4-6,8,15-16H2,1-3H3,(H,33,36)(H,30,32,34)/t17-,18+. The van der Waals surface area contributed by atoms with E-state index in [0.29, 0.717) is 27.9 Å². The molecule has 3 heterocycles. The van der Waals surface area contributed by atoms with Gasteiger partial charge in [0.25, 0.3) is 5.91 Å². The first-order valence-electron chi connectivity index (χ1n) is 13.0. The predicted octanol–water partition coefficient (Wildman–Crippen LogP) is 5.83. The molecule has 3 aromatic rings. The largest absolute Gasteiger partial charge is 0.494 e. The van der Waals surface area contributed by atoms with Crippen molar-refractivity contribution in [2.24, 2.45) is 0 Å². The Morgan fingerprint density at radius 2 is 2.00 bits per heavy atom. The summed E-state index contributed by atoms with van der Waals surface area (Å²) in [6.07, 6.45) is 8.04. The van der Waals surface area contributed by atoms with E-state index in [-0.39, 0.29) is 23.8 Å². The summed E-state index contributed by atoms with van der Waals surface area (Å²) in [5.74, 6) is 0.264. The number of hydrogen-bond donors (Lipinski definition) is 3. The van der Waals surface area contributed by atoms with E-state index in [1.165, 1.54) is 43.1 Å². The van der Waals surface area contributed by atoms with Crippen molar-refractivity contribution in [3.8, 4) is 5.75 Å². The third kappa shape index (κ3) is 5.97. The number of halogens is 1. The van der Waals surface area contributed by atoms with Crippen molar-refractivity contribution in [1.29, 1.82) is 0 Å². The lowest BCUT2D eigenvalue weighted by Gasteiger charge is -2.36. The topological polar surface area (TPSA) is 91.4 Å². The molecule has 38 heavy (non-hydrogen) atoms. The molecule has 200 valence electrons. The minimum Gasteiger partial charge on any atom is -0.494 e. The number of carbonyl (C=O) groups is 1. The Bertz CT molecular complexity index is 1330. The van der Waals surface area contributed by atoms with E-state index in [0.717, 1.165) is 30.8 Å². The van der Waals surface area contributed by atoms with Crippen LogP contribution in [0.3, 0.4) is 0 Å². The zero-order valence-corrected chi connectivity index (χ0v) is 22.7. The second kappa shape index (κ2) is 11.5. The normalized spacial score (nSPS) is 19.6. The zero-order chi connectivity index (χ0) is 26.6. The van der Waals surface area contributed by atoms with Gasteiger partial charge in [0, 0.05) is 41.8 Å². The number of aromatic nitrogens is 2. The Kier molecular flexibility index (Phi) is 7.90. The van der Waals surface area contributed by atoms with Gasteiger partial charge in [-0.2, -0.15) is 4.98 Å². The number of rotatable bonds is 7. The van der Waals surface area contributed by atoms with Crippen molar-refractivity contribution in [2.75, 3.05) is 35.7 Å². The predicted molar refractivity (Wildman–Crippen MR) is 151 cm³/mol. The maximum atomic E-state index is 14.6. The van der Waals surface area contributed by atoms with Gasteiger partial charge in [-0.3, -0.25) is 4.79 Å². The van der Waals surface area contributed by atoms with Gasteiger partial charge in [0.05, 0.1) is 23.9 Å². The molecule has 5 rings (SSSR count). The van der Waals surface area contributed by atoms with Crippen LogP contribution in [0.2, 0.25) is 0 Å². The molecule has 0 saturated carbocycles. The molecule has 1 aliphatic heterocycles. The summed E-state index contributed by atoms with van der Waals surface area (Å²) < 4.78 is 20.2. The highest BCUT2D eigenvalue weighted by atomic mass is 32.1. The SMILES string of the molecule is COc1cc(Nc2nc(N3C[C@@H](C)N[C@@H](C)C3)ncc2F)ccc1NC(=O)c1ccc(C2=CCCCC2)s1. The van der Waals surface area contributed by atoms with Crippen molar-refractivity contribution in [1.82, 2.24) is 15.3 Å². The van der Waals surface area contributed by atoms with Crippen molar-refractivity contribution in [2.45, 2.75) is 51.6 Å². The van der Waals surface area contributed by atoms with E-state index in [1.54, 1.807) is 18.2 Å². The van der Waals surface area contributed by atoms with Crippen molar-refractivity contribution < 1.29 is 13.9 Å². The first-order valence-corrected chi connectivity index (χ1v) is 13.8. The van der Waals surface area contributed by atoms with E-state index >= 15 is 0 Å². The molecular formula is C28H33FN6O2S. The van der Waals surface area contributed by atoms with Gasteiger partial charge in [0.2, 0.25) is 5.95 Å². The molecule has 2 aromatic heterocycles. The number of methoxy groups -OCH3 is 1. The van der Waals surface area contributed by atoms with Crippen LogP contribution < -0.4 is 25.6 Å². The Labute approximate surface area is 226 Å². The van der Waals surface area contributed by atoms with E-state index < -0.39 is 5.82 Å². The van der Waals surface area contributed by atoms with Crippen LogP contribution in [0.4, 0.5) is 27.5 Å². The van der Waals surface area contributed by atoms with Gasteiger partial charge in [-0.15, -0.1) is 11.3 Å². The van der Waals surface area contributed by atoms with E-state index in [2.05, 4.69) is 50.7 Å². The Hall–Kier alpha value is -3.50. The number of hydrogen-bond acceptors (Lipinski definition) is 8. The van der Waals surface area contributed by atoms with Gasteiger partial charge in [-0.05, 0) is 69.4 Å². The second-order valence-electron chi connectivity index (χ2n) is 9.87. The number of anilines is 4. The third-order valence-electron chi connectivity index (χ3n) is 6.72. The fraction of sp³-hybridized carbons (Fsp3) is 0.393. The van der Waals surface area contributed by atoms with Crippen LogP contribution >= 0.6 is 11.3 Å². The van der Waals surface area contributed by atoms with Crippen LogP contribution in [0.1, 0.15) is 54.1 Å². The highest BCUT2D eigenvalue weighted by molar-refractivity contribution is 7.15. The monoisotopic (exact) mass is 536 g/mol. The van der Waals surface area contributed by atoms with Crippen molar-refractivity contribution in [3.63, 3.8) is 0 Å². The number of benzene rings is 1. The Morgan fingerprint density at radius 1 is 1.18 bits per heavy atom. The molecule has 2 aliphatic rings. The smallest absolute Gasteiger partial charge is 0.265 e.